The lowest BCUT2D eigenvalue weighted by Crippen LogP contribution is -2.29. The van der Waals surface area contributed by atoms with Gasteiger partial charge in [-0.1, -0.05) is 45.9 Å². The summed E-state index contributed by atoms with van der Waals surface area (Å²) >= 11 is 0. The van der Waals surface area contributed by atoms with Crippen LogP contribution in [0.1, 0.15) is 61.8 Å². The van der Waals surface area contributed by atoms with Crippen molar-refractivity contribution in [3.05, 3.63) is 70.9 Å². The number of fused-ring (bicyclic) bond motifs is 5. The van der Waals surface area contributed by atoms with Gasteiger partial charge in [-0.05, 0) is 71.5 Å². The molecule has 160 valence electrons. The molecule has 2 nitrogen and oxygen atoms in total. The second-order valence-corrected chi connectivity index (χ2v) is 10.3. The maximum atomic E-state index is 2.57. The summed E-state index contributed by atoms with van der Waals surface area (Å²) < 4.78 is 4.89. The Hall–Kier alpha value is -3.13. The first-order valence-electron chi connectivity index (χ1n) is 11.8. The second kappa shape index (κ2) is 6.45. The van der Waals surface area contributed by atoms with E-state index in [0.29, 0.717) is 11.8 Å². The van der Waals surface area contributed by atoms with E-state index in [1.165, 1.54) is 71.3 Å². The largest absolute Gasteiger partial charge is 0.307 e. The van der Waals surface area contributed by atoms with Crippen LogP contribution in [-0.2, 0) is 7.05 Å². The van der Waals surface area contributed by atoms with Crippen molar-refractivity contribution in [1.82, 2.24) is 4.40 Å². The Morgan fingerprint density at radius 1 is 0.750 bits per heavy atom. The lowest BCUT2D eigenvalue weighted by Gasteiger charge is -2.16. The predicted octanol–water partition coefficient (Wildman–Crippen LogP) is 7.68. The number of pyridine rings is 2. The fraction of sp³-hybridized carbons (Fsp3) is 0.300. The van der Waals surface area contributed by atoms with Crippen molar-refractivity contribution in [2.24, 2.45) is 7.05 Å². The van der Waals surface area contributed by atoms with Crippen LogP contribution in [-0.4, -0.2) is 4.40 Å². The molecule has 0 aliphatic heterocycles. The van der Waals surface area contributed by atoms with Gasteiger partial charge in [0.05, 0.1) is 27.3 Å². The van der Waals surface area contributed by atoms with Crippen LogP contribution in [0.4, 0.5) is 0 Å². The number of nitrogens with zero attached hydrogens (tertiary/aromatic N) is 2. The average Bonchev–Trinajstić information content (AvgIpc) is 3.08. The van der Waals surface area contributed by atoms with E-state index in [1.807, 2.05) is 0 Å². The Morgan fingerprint density at radius 3 is 2.19 bits per heavy atom. The lowest BCUT2D eigenvalue weighted by atomic mass is 9.94. The summed E-state index contributed by atoms with van der Waals surface area (Å²) in [5, 5.41) is 6.81. The summed E-state index contributed by atoms with van der Waals surface area (Å²) in [4.78, 5) is 0. The highest BCUT2D eigenvalue weighted by molar-refractivity contribution is 6.26. The minimum Gasteiger partial charge on any atom is -0.307 e. The quantitative estimate of drug-likeness (QED) is 0.155. The zero-order chi connectivity index (χ0) is 22.5. The molecule has 0 fully saturated rings. The molecule has 3 aromatic carbocycles. The van der Waals surface area contributed by atoms with Gasteiger partial charge in [-0.3, -0.25) is 0 Å². The molecule has 2 heteroatoms. The molecule has 0 radical (unpaired) electrons. The van der Waals surface area contributed by atoms with Gasteiger partial charge < -0.3 is 4.40 Å². The third-order valence-electron chi connectivity index (χ3n) is 7.64. The van der Waals surface area contributed by atoms with Crippen molar-refractivity contribution < 1.29 is 4.57 Å². The molecule has 0 spiro atoms. The maximum absolute atomic E-state index is 2.57. The van der Waals surface area contributed by atoms with Crippen LogP contribution < -0.4 is 4.57 Å². The van der Waals surface area contributed by atoms with E-state index in [1.54, 1.807) is 0 Å². The number of aryl methyl sites for hydroxylation is 3. The van der Waals surface area contributed by atoms with E-state index in [2.05, 4.69) is 106 Å². The third kappa shape index (κ3) is 2.38. The summed E-state index contributed by atoms with van der Waals surface area (Å²) in [5.74, 6) is 0.988. The summed E-state index contributed by atoms with van der Waals surface area (Å²) in [6.45, 7) is 13.7. The first-order chi connectivity index (χ1) is 15.3. The van der Waals surface area contributed by atoms with Crippen LogP contribution in [0.25, 0.3) is 49.0 Å². The van der Waals surface area contributed by atoms with E-state index in [0.717, 1.165) is 0 Å². The molecule has 0 unspecified atom stereocenters. The van der Waals surface area contributed by atoms with Crippen molar-refractivity contribution in [1.29, 1.82) is 0 Å². The van der Waals surface area contributed by atoms with Crippen LogP contribution in [0.15, 0.2) is 48.7 Å². The van der Waals surface area contributed by atoms with Crippen LogP contribution in [0.5, 0.6) is 0 Å². The number of benzene rings is 3. The van der Waals surface area contributed by atoms with Crippen LogP contribution in [0.2, 0.25) is 0 Å². The van der Waals surface area contributed by atoms with Crippen molar-refractivity contribution >= 4 is 49.0 Å². The first kappa shape index (κ1) is 19.5. The van der Waals surface area contributed by atoms with E-state index in [4.69, 9.17) is 0 Å². The molecule has 0 N–H and O–H groups in total. The Balaban J connectivity index is 2.04. The Kier molecular flexibility index (Phi) is 3.94. The molecular formula is C30H31N2+. The van der Waals surface area contributed by atoms with Crippen molar-refractivity contribution in [2.75, 3.05) is 0 Å². The standard InChI is InChI=1S/C30H31N2/c1-16(2)20-8-9-23-24-12-18(5)19(6)27-29(24)32(25(23)14-20)26-15-22(17(3)4)13-21-10-11-31(7)30(27)28(21)26/h8-17H,1-7H3/q+1. The van der Waals surface area contributed by atoms with E-state index in [-0.39, 0.29) is 0 Å². The molecule has 0 aliphatic rings. The fourth-order valence-electron chi connectivity index (χ4n) is 5.64. The van der Waals surface area contributed by atoms with Crippen molar-refractivity contribution in [3.63, 3.8) is 0 Å². The normalized spacial score (nSPS) is 12.8. The first-order valence-corrected chi connectivity index (χ1v) is 11.8. The third-order valence-corrected chi connectivity index (χ3v) is 7.64. The molecule has 32 heavy (non-hydrogen) atoms. The van der Waals surface area contributed by atoms with Gasteiger partial charge in [0, 0.05) is 16.8 Å². The minimum absolute atomic E-state index is 0.484. The Morgan fingerprint density at radius 2 is 1.47 bits per heavy atom. The molecule has 0 saturated carbocycles. The summed E-state index contributed by atoms with van der Waals surface area (Å²) in [7, 11) is 2.19. The van der Waals surface area contributed by atoms with Crippen molar-refractivity contribution in [3.8, 4) is 0 Å². The molecule has 0 bridgehead atoms. The zero-order valence-corrected chi connectivity index (χ0v) is 20.2. The minimum atomic E-state index is 0.484. The van der Waals surface area contributed by atoms with Crippen LogP contribution >= 0.6 is 0 Å². The Labute approximate surface area is 189 Å². The molecular weight excluding hydrogens is 388 g/mol. The highest BCUT2D eigenvalue weighted by Crippen LogP contribution is 2.42. The molecule has 6 aromatic rings. The second-order valence-electron chi connectivity index (χ2n) is 10.3. The summed E-state index contributed by atoms with van der Waals surface area (Å²) in [6.07, 6.45) is 2.23. The average molecular weight is 420 g/mol. The summed E-state index contributed by atoms with van der Waals surface area (Å²) in [5.41, 5.74) is 10.9. The van der Waals surface area contributed by atoms with E-state index in [9.17, 15) is 0 Å². The number of hydrogen-bond donors (Lipinski definition) is 0. The molecule has 0 saturated heterocycles. The van der Waals surface area contributed by atoms with Gasteiger partial charge in [0.1, 0.15) is 7.05 Å². The fourth-order valence-corrected chi connectivity index (χ4v) is 5.64. The van der Waals surface area contributed by atoms with Gasteiger partial charge >= 0.3 is 0 Å². The molecule has 6 rings (SSSR count). The monoisotopic (exact) mass is 419 g/mol. The highest BCUT2D eigenvalue weighted by Gasteiger charge is 2.25. The van der Waals surface area contributed by atoms with E-state index >= 15 is 0 Å². The molecule has 0 amide bonds. The van der Waals surface area contributed by atoms with Gasteiger partial charge in [-0.25, -0.2) is 4.57 Å². The van der Waals surface area contributed by atoms with E-state index < -0.39 is 0 Å². The highest BCUT2D eigenvalue weighted by atomic mass is 15.0. The van der Waals surface area contributed by atoms with Gasteiger partial charge in [-0.15, -0.1) is 0 Å². The summed E-state index contributed by atoms with van der Waals surface area (Å²) in [6, 6.07) is 16.6. The zero-order valence-electron chi connectivity index (χ0n) is 20.2. The van der Waals surface area contributed by atoms with Crippen LogP contribution in [0, 0.1) is 13.8 Å². The number of hydrogen-bond acceptors (Lipinski definition) is 0. The maximum Gasteiger partial charge on any atom is 0.224 e. The number of aromatic nitrogens is 2. The molecule has 0 aliphatic carbocycles. The lowest BCUT2D eigenvalue weighted by molar-refractivity contribution is -0.643. The van der Waals surface area contributed by atoms with Crippen LogP contribution in [0.3, 0.4) is 0 Å². The Bertz CT molecular complexity index is 1700. The molecule has 0 atom stereocenters. The SMILES string of the molecule is Cc1cc2c3ccc(C(C)C)cc3n3c4cc(C(C)C)cc5cc[n+](C)c(c(c1C)c23)c54. The molecule has 3 heterocycles. The molecule has 3 aromatic heterocycles. The topological polar surface area (TPSA) is 8.29 Å². The smallest absolute Gasteiger partial charge is 0.224 e. The number of rotatable bonds is 2. The predicted molar refractivity (Wildman–Crippen MR) is 137 cm³/mol. The van der Waals surface area contributed by atoms with Gasteiger partial charge in [-0.2, -0.15) is 0 Å². The van der Waals surface area contributed by atoms with Gasteiger partial charge in [0.25, 0.3) is 0 Å². The van der Waals surface area contributed by atoms with Gasteiger partial charge in [0.2, 0.25) is 5.52 Å². The van der Waals surface area contributed by atoms with Gasteiger partial charge in [0.15, 0.2) is 6.20 Å². The van der Waals surface area contributed by atoms with Crippen molar-refractivity contribution in [2.45, 2.75) is 53.4 Å².